The molecule has 0 aliphatic rings. The Labute approximate surface area is 117 Å². The number of benzene rings is 1. The third-order valence-corrected chi connectivity index (χ3v) is 2.99. The smallest absolute Gasteiger partial charge is 0.165 e. The SMILES string of the molecule is CC(C)NCC(C)(C)COc1cc(Br)ccc1F. The Morgan fingerprint density at radius 3 is 2.67 bits per heavy atom. The van der Waals surface area contributed by atoms with Crippen molar-refractivity contribution in [2.24, 2.45) is 5.41 Å². The molecule has 0 amide bonds. The Kier molecular flexibility index (Phi) is 5.60. The molecule has 2 nitrogen and oxygen atoms in total. The van der Waals surface area contributed by atoms with Crippen molar-refractivity contribution < 1.29 is 9.13 Å². The fourth-order valence-electron chi connectivity index (χ4n) is 1.39. The van der Waals surface area contributed by atoms with Gasteiger partial charge in [-0.3, -0.25) is 0 Å². The van der Waals surface area contributed by atoms with E-state index in [0.717, 1.165) is 11.0 Å². The van der Waals surface area contributed by atoms with Crippen LogP contribution in [0.2, 0.25) is 0 Å². The van der Waals surface area contributed by atoms with Gasteiger partial charge in [-0.1, -0.05) is 43.6 Å². The summed E-state index contributed by atoms with van der Waals surface area (Å²) in [5.41, 5.74) is -0.0426. The highest BCUT2D eigenvalue weighted by Gasteiger charge is 2.20. The van der Waals surface area contributed by atoms with Gasteiger partial charge in [0, 0.05) is 22.5 Å². The van der Waals surface area contributed by atoms with Crippen molar-refractivity contribution in [3.8, 4) is 5.75 Å². The van der Waals surface area contributed by atoms with Gasteiger partial charge in [-0.05, 0) is 18.2 Å². The van der Waals surface area contributed by atoms with E-state index in [9.17, 15) is 4.39 Å². The summed E-state index contributed by atoms with van der Waals surface area (Å²) in [5, 5.41) is 3.37. The van der Waals surface area contributed by atoms with Crippen molar-refractivity contribution in [2.75, 3.05) is 13.2 Å². The van der Waals surface area contributed by atoms with E-state index in [4.69, 9.17) is 4.74 Å². The molecule has 1 aromatic carbocycles. The van der Waals surface area contributed by atoms with Crippen LogP contribution in [0.1, 0.15) is 27.7 Å². The second-order valence-corrected chi connectivity index (χ2v) is 6.48. The lowest BCUT2D eigenvalue weighted by molar-refractivity contribution is 0.168. The standard InChI is InChI=1S/C14H21BrFNO/c1-10(2)17-8-14(3,4)9-18-13-7-11(15)5-6-12(13)16/h5-7,10,17H,8-9H2,1-4H3. The van der Waals surface area contributed by atoms with Gasteiger partial charge in [-0.25, -0.2) is 4.39 Å². The summed E-state index contributed by atoms with van der Waals surface area (Å²) in [7, 11) is 0. The van der Waals surface area contributed by atoms with E-state index < -0.39 is 0 Å². The van der Waals surface area contributed by atoms with E-state index in [1.807, 2.05) is 0 Å². The number of hydrogen-bond donors (Lipinski definition) is 1. The molecule has 0 aromatic heterocycles. The zero-order valence-corrected chi connectivity index (χ0v) is 13.0. The van der Waals surface area contributed by atoms with Crippen LogP contribution < -0.4 is 10.1 Å². The summed E-state index contributed by atoms with van der Waals surface area (Å²) in [6, 6.07) is 5.15. The highest BCUT2D eigenvalue weighted by molar-refractivity contribution is 9.10. The second-order valence-electron chi connectivity index (χ2n) is 5.56. The molecule has 0 atom stereocenters. The summed E-state index contributed by atoms with van der Waals surface area (Å²) < 4.78 is 19.9. The van der Waals surface area contributed by atoms with Gasteiger partial charge < -0.3 is 10.1 Å². The fourth-order valence-corrected chi connectivity index (χ4v) is 1.73. The van der Waals surface area contributed by atoms with E-state index in [0.29, 0.717) is 18.4 Å². The van der Waals surface area contributed by atoms with Crippen LogP contribution in [0.4, 0.5) is 4.39 Å². The average molecular weight is 318 g/mol. The van der Waals surface area contributed by atoms with Crippen molar-refractivity contribution in [2.45, 2.75) is 33.7 Å². The monoisotopic (exact) mass is 317 g/mol. The summed E-state index contributed by atoms with van der Waals surface area (Å²) in [4.78, 5) is 0. The first-order valence-electron chi connectivity index (χ1n) is 6.11. The van der Waals surface area contributed by atoms with Crippen LogP contribution in [-0.4, -0.2) is 19.2 Å². The molecule has 0 aliphatic carbocycles. The van der Waals surface area contributed by atoms with Crippen LogP contribution >= 0.6 is 15.9 Å². The lowest BCUT2D eigenvalue weighted by Crippen LogP contribution is -2.37. The van der Waals surface area contributed by atoms with Gasteiger partial charge in [-0.2, -0.15) is 0 Å². The molecule has 0 radical (unpaired) electrons. The number of nitrogens with one attached hydrogen (secondary N) is 1. The van der Waals surface area contributed by atoms with E-state index in [1.54, 1.807) is 12.1 Å². The molecule has 0 heterocycles. The van der Waals surface area contributed by atoms with Gasteiger partial charge in [0.15, 0.2) is 11.6 Å². The molecule has 1 N–H and O–H groups in total. The van der Waals surface area contributed by atoms with Crippen LogP contribution in [0.25, 0.3) is 0 Å². The Morgan fingerprint density at radius 2 is 2.06 bits per heavy atom. The van der Waals surface area contributed by atoms with Crippen LogP contribution in [-0.2, 0) is 0 Å². The largest absolute Gasteiger partial charge is 0.490 e. The number of rotatable bonds is 6. The molecule has 0 saturated heterocycles. The van der Waals surface area contributed by atoms with Crippen molar-refractivity contribution in [1.29, 1.82) is 0 Å². The molecule has 18 heavy (non-hydrogen) atoms. The lowest BCUT2D eigenvalue weighted by Gasteiger charge is -2.26. The van der Waals surface area contributed by atoms with Gasteiger partial charge in [0.1, 0.15) is 0 Å². The highest BCUT2D eigenvalue weighted by Crippen LogP contribution is 2.24. The molecule has 1 aromatic rings. The molecule has 0 unspecified atom stereocenters. The molecule has 0 fully saturated rings. The zero-order valence-electron chi connectivity index (χ0n) is 11.4. The predicted molar refractivity (Wildman–Crippen MR) is 76.5 cm³/mol. The van der Waals surface area contributed by atoms with Gasteiger partial charge in [0.05, 0.1) is 6.61 Å². The molecule has 0 bridgehead atoms. The molecule has 0 spiro atoms. The average Bonchev–Trinajstić information content (AvgIpc) is 2.28. The predicted octanol–water partition coefficient (Wildman–Crippen LogP) is 3.99. The summed E-state index contributed by atoms with van der Waals surface area (Å²) in [6.07, 6.45) is 0. The zero-order chi connectivity index (χ0) is 13.8. The Balaban J connectivity index is 2.55. The molecular formula is C14H21BrFNO. The molecule has 0 aliphatic heterocycles. The third kappa shape index (κ3) is 5.36. The number of hydrogen-bond acceptors (Lipinski definition) is 2. The van der Waals surface area contributed by atoms with Gasteiger partial charge in [-0.15, -0.1) is 0 Å². The maximum Gasteiger partial charge on any atom is 0.165 e. The summed E-state index contributed by atoms with van der Waals surface area (Å²) >= 11 is 3.31. The second kappa shape index (κ2) is 6.53. The Bertz CT molecular complexity index is 393. The third-order valence-electron chi connectivity index (χ3n) is 2.50. The molecule has 1 rings (SSSR count). The van der Waals surface area contributed by atoms with Gasteiger partial charge in [0.2, 0.25) is 0 Å². The summed E-state index contributed by atoms with van der Waals surface area (Å²) in [6.45, 7) is 9.70. The van der Waals surface area contributed by atoms with Crippen LogP contribution in [0.15, 0.2) is 22.7 Å². The molecular weight excluding hydrogens is 297 g/mol. The lowest BCUT2D eigenvalue weighted by atomic mass is 9.94. The number of halogens is 2. The van der Waals surface area contributed by atoms with E-state index >= 15 is 0 Å². The molecule has 0 saturated carbocycles. The first kappa shape index (κ1) is 15.4. The first-order valence-corrected chi connectivity index (χ1v) is 6.91. The van der Waals surface area contributed by atoms with Crippen LogP contribution in [0.3, 0.4) is 0 Å². The van der Waals surface area contributed by atoms with E-state index in [2.05, 4.69) is 48.9 Å². The van der Waals surface area contributed by atoms with Gasteiger partial charge >= 0.3 is 0 Å². The minimum atomic E-state index is -0.328. The van der Waals surface area contributed by atoms with Crippen molar-refractivity contribution in [3.05, 3.63) is 28.5 Å². The van der Waals surface area contributed by atoms with E-state index in [1.165, 1.54) is 6.07 Å². The van der Waals surface area contributed by atoms with Crippen molar-refractivity contribution in [3.63, 3.8) is 0 Å². The van der Waals surface area contributed by atoms with Crippen LogP contribution in [0.5, 0.6) is 5.75 Å². The normalized spacial score (nSPS) is 11.9. The highest BCUT2D eigenvalue weighted by atomic mass is 79.9. The minimum absolute atomic E-state index is 0.0426. The summed E-state index contributed by atoms with van der Waals surface area (Å²) in [5.74, 6) is -0.0344. The quantitative estimate of drug-likeness (QED) is 0.856. The number of ether oxygens (including phenoxy) is 1. The Morgan fingerprint density at radius 1 is 1.39 bits per heavy atom. The molecule has 4 heteroatoms. The minimum Gasteiger partial charge on any atom is -0.490 e. The Hall–Kier alpha value is -0.610. The maximum absolute atomic E-state index is 13.5. The first-order chi connectivity index (χ1) is 8.30. The molecule has 102 valence electrons. The van der Waals surface area contributed by atoms with Crippen molar-refractivity contribution in [1.82, 2.24) is 5.32 Å². The van der Waals surface area contributed by atoms with Gasteiger partial charge in [0.25, 0.3) is 0 Å². The topological polar surface area (TPSA) is 21.3 Å². The van der Waals surface area contributed by atoms with Crippen LogP contribution in [0, 0.1) is 11.2 Å². The van der Waals surface area contributed by atoms with Crippen molar-refractivity contribution >= 4 is 15.9 Å². The van der Waals surface area contributed by atoms with E-state index in [-0.39, 0.29) is 11.2 Å². The fraction of sp³-hybridized carbons (Fsp3) is 0.571. The maximum atomic E-state index is 13.5.